The molecule has 0 saturated carbocycles. The molecule has 36 heavy (non-hydrogen) atoms. The minimum absolute atomic E-state index is 0.375. The second-order valence-corrected chi connectivity index (χ2v) is 10.5. The molecule has 1 heterocycles. The number of hydrogen-bond donors (Lipinski definition) is 2. The maximum Gasteiger partial charge on any atom is 0.411 e. The van der Waals surface area contributed by atoms with E-state index >= 15 is 0 Å². The molecule has 0 radical (unpaired) electrons. The number of carboxylic acid groups (broad SMARTS) is 1. The zero-order valence-corrected chi connectivity index (χ0v) is 22.1. The van der Waals surface area contributed by atoms with Crippen molar-refractivity contribution in [2.24, 2.45) is 11.3 Å². The Hall–Kier alpha value is -3.26. The number of carbonyl (C=O) groups excluding carboxylic acids is 1. The SMILES string of the molecule is COc1ccc(CN[C@@H]2[C@@H](C(C)(C)C)[C@H](C(=O)O)N(C(=O)OC(C)C)[C@@H]2c2ccccc2)c(OC)c1. The number of rotatable bonds is 8. The molecule has 4 atom stereocenters. The fourth-order valence-corrected chi connectivity index (χ4v) is 5.17. The smallest absolute Gasteiger partial charge is 0.411 e. The van der Waals surface area contributed by atoms with Crippen molar-refractivity contribution < 1.29 is 28.9 Å². The Kier molecular flexibility index (Phi) is 8.51. The molecule has 3 rings (SSSR count). The number of likely N-dealkylation sites (tertiary alicyclic amines) is 1. The van der Waals surface area contributed by atoms with Crippen molar-refractivity contribution in [3.8, 4) is 11.5 Å². The largest absolute Gasteiger partial charge is 0.497 e. The Morgan fingerprint density at radius 1 is 1.06 bits per heavy atom. The van der Waals surface area contributed by atoms with E-state index in [1.165, 1.54) is 4.90 Å². The molecule has 1 aliphatic heterocycles. The summed E-state index contributed by atoms with van der Waals surface area (Å²) in [6, 6.07) is 13.1. The minimum atomic E-state index is -1.07. The number of nitrogens with zero attached hydrogens (tertiary/aromatic N) is 1. The van der Waals surface area contributed by atoms with Gasteiger partial charge in [0, 0.05) is 30.1 Å². The summed E-state index contributed by atoms with van der Waals surface area (Å²) < 4.78 is 16.4. The molecule has 1 fully saturated rings. The number of amides is 1. The third-order valence-electron chi connectivity index (χ3n) is 6.63. The van der Waals surface area contributed by atoms with Crippen molar-refractivity contribution in [3.63, 3.8) is 0 Å². The van der Waals surface area contributed by atoms with Gasteiger partial charge in [-0.15, -0.1) is 0 Å². The van der Waals surface area contributed by atoms with Crippen LogP contribution in [0.1, 0.15) is 51.8 Å². The Bertz CT molecular complexity index is 1050. The molecule has 8 heteroatoms. The monoisotopic (exact) mass is 498 g/mol. The fourth-order valence-electron chi connectivity index (χ4n) is 5.17. The lowest BCUT2D eigenvalue weighted by atomic mass is 9.72. The Morgan fingerprint density at radius 3 is 2.25 bits per heavy atom. The maximum atomic E-state index is 13.4. The van der Waals surface area contributed by atoms with E-state index in [4.69, 9.17) is 14.2 Å². The number of ether oxygens (including phenoxy) is 3. The van der Waals surface area contributed by atoms with Crippen LogP contribution in [0.25, 0.3) is 0 Å². The molecule has 0 bridgehead atoms. The van der Waals surface area contributed by atoms with Crippen LogP contribution in [0.2, 0.25) is 0 Å². The summed E-state index contributed by atoms with van der Waals surface area (Å²) in [5.41, 5.74) is 1.30. The summed E-state index contributed by atoms with van der Waals surface area (Å²) >= 11 is 0. The molecule has 196 valence electrons. The molecule has 1 amide bonds. The Labute approximate surface area is 213 Å². The van der Waals surface area contributed by atoms with Crippen LogP contribution in [0, 0.1) is 11.3 Å². The van der Waals surface area contributed by atoms with Crippen LogP contribution in [0.3, 0.4) is 0 Å². The number of hydrogen-bond acceptors (Lipinski definition) is 6. The van der Waals surface area contributed by atoms with E-state index in [9.17, 15) is 14.7 Å². The van der Waals surface area contributed by atoms with Gasteiger partial charge in [0.1, 0.15) is 17.5 Å². The summed E-state index contributed by atoms with van der Waals surface area (Å²) in [7, 11) is 3.20. The molecule has 8 nitrogen and oxygen atoms in total. The summed E-state index contributed by atoms with van der Waals surface area (Å²) in [6.45, 7) is 9.95. The van der Waals surface area contributed by atoms with Gasteiger partial charge in [-0.3, -0.25) is 4.90 Å². The van der Waals surface area contributed by atoms with Crippen LogP contribution in [0.4, 0.5) is 4.79 Å². The minimum Gasteiger partial charge on any atom is -0.497 e. The van der Waals surface area contributed by atoms with Crippen LogP contribution in [-0.2, 0) is 16.1 Å². The highest BCUT2D eigenvalue weighted by molar-refractivity contribution is 5.82. The average molecular weight is 499 g/mol. The fraction of sp³-hybridized carbons (Fsp3) is 0.500. The molecule has 2 N–H and O–H groups in total. The van der Waals surface area contributed by atoms with Crippen LogP contribution in [-0.4, -0.2) is 54.5 Å². The summed E-state index contributed by atoms with van der Waals surface area (Å²) in [6.07, 6.45) is -1.01. The van der Waals surface area contributed by atoms with Crippen LogP contribution >= 0.6 is 0 Å². The topological polar surface area (TPSA) is 97.3 Å². The highest BCUT2D eigenvalue weighted by atomic mass is 16.6. The van der Waals surface area contributed by atoms with E-state index in [0.29, 0.717) is 18.0 Å². The van der Waals surface area contributed by atoms with E-state index in [1.54, 1.807) is 28.1 Å². The number of carbonyl (C=O) groups is 2. The first-order valence-corrected chi connectivity index (χ1v) is 12.2. The number of aliphatic carboxylic acids is 1. The van der Waals surface area contributed by atoms with Crippen molar-refractivity contribution in [2.45, 2.75) is 65.4 Å². The first kappa shape index (κ1) is 27.3. The highest BCUT2D eigenvalue weighted by Gasteiger charge is 2.58. The second-order valence-electron chi connectivity index (χ2n) is 10.5. The number of methoxy groups -OCH3 is 2. The van der Waals surface area contributed by atoms with E-state index in [2.05, 4.69) is 5.32 Å². The zero-order chi connectivity index (χ0) is 26.6. The third kappa shape index (κ3) is 5.75. The molecular formula is C28H38N2O6. The maximum absolute atomic E-state index is 13.4. The van der Waals surface area contributed by atoms with Crippen LogP contribution in [0.5, 0.6) is 11.5 Å². The van der Waals surface area contributed by atoms with E-state index < -0.39 is 35.5 Å². The summed E-state index contributed by atoms with van der Waals surface area (Å²) in [4.78, 5) is 27.5. The van der Waals surface area contributed by atoms with E-state index in [0.717, 1.165) is 11.1 Å². The molecule has 2 aromatic rings. The van der Waals surface area contributed by atoms with Crippen molar-refractivity contribution in [2.75, 3.05) is 14.2 Å². The van der Waals surface area contributed by atoms with Gasteiger partial charge in [-0.25, -0.2) is 9.59 Å². The Morgan fingerprint density at radius 2 is 1.72 bits per heavy atom. The predicted molar refractivity (Wildman–Crippen MR) is 137 cm³/mol. The van der Waals surface area contributed by atoms with Crippen molar-refractivity contribution in [1.29, 1.82) is 0 Å². The molecule has 0 unspecified atom stereocenters. The van der Waals surface area contributed by atoms with Gasteiger partial charge in [0.2, 0.25) is 0 Å². The lowest BCUT2D eigenvalue weighted by Crippen LogP contribution is -2.48. The highest BCUT2D eigenvalue weighted by Crippen LogP contribution is 2.48. The van der Waals surface area contributed by atoms with Crippen LogP contribution in [0.15, 0.2) is 48.5 Å². The van der Waals surface area contributed by atoms with Gasteiger partial charge in [0.05, 0.1) is 26.4 Å². The molecule has 0 aromatic heterocycles. The van der Waals surface area contributed by atoms with Crippen molar-refractivity contribution in [1.82, 2.24) is 10.2 Å². The lowest BCUT2D eigenvalue weighted by molar-refractivity contribution is -0.144. The first-order chi connectivity index (χ1) is 17.0. The molecule has 0 aliphatic carbocycles. The quantitative estimate of drug-likeness (QED) is 0.535. The second kappa shape index (κ2) is 11.2. The van der Waals surface area contributed by atoms with Gasteiger partial charge in [-0.2, -0.15) is 0 Å². The van der Waals surface area contributed by atoms with Gasteiger partial charge in [-0.1, -0.05) is 57.2 Å². The molecule has 2 aromatic carbocycles. The third-order valence-corrected chi connectivity index (χ3v) is 6.63. The van der Waals surface area contributed by atoms with Gasteiger partial charge < -0.3 is 24.6 Å². The summed E-state index contributed by atoms with van der Waals surface area (Å²) in [5, 5.41) is 14.0. The lowest BCUT2D eigenvalue weighted by Gasteiger charge is -2.35. The van der Waals surface area contributed by atoms with Crippen LogP contribution < -0.4 is 14.8 Å². The van der Waals surface area contributed by atoms with E-state index in [-0.39, 0.29) is 12.1 Å². The van der Waals surface area contributed by atoms with Gasteiger partial charge in [-0.05, 0) is 30.9 Å². The van der Waals surface area contributed by atoms with Crippen molar-refractivity contribution >= 4 is 12.1 Å². The first-order valence-electron chi connectivity index (χ1n) is 12.2. The van der Waals surface area contributed by atoms with Gasteiger partial charge in [0.25, 0.3) is 0 Å². The number of carboxylic acids is 1. The Balaban J connectivity index is 2.11. The number of benzene rings is 2. The summed E-state index contributed by atoms with van der Waals surface area (Å²) in [5.74, 6) is -0.124. The standard InChI is InChI=1S/C28H38N2O6/c1-17(2)36-27(33)30-24(18-11-9-8-10-12-18)23(22(28(3,4)5)25(30)26(31)32)29-16-19-13-14-20(34-6)15-21(19)35-7/h8-15,17,22-25,29H,16H2,1-7H3,(H,31,32)/t22-,23-,24-,25-/m1/s1. The van der Waals surface area contributed by atoms with Gasteiger partial charge in [0.15, 0.2) is 0 Å². The molecule has 1 aliphatic rings. The predicted octanol–water partition coefficient (Wildman–Crippen LogP) is 4.88. The van der Waals surface area contributed by atoms with Gasteiger partial charge >= 0.3 is 12.1 Å². The molecule has 1 saturated heterocycles. The normalized spacial score (nSPS) is 21.9. The average Bonchev–Trinajstić information content (AvgIpc) is 3.19. The van der Waals surface area contributed by atoms with E-state index in [1.807, 2.05) is 69.3 Å². The molecule has 0 spiro atoms. The zero-order valence-electron chi connectivity index (χ0n) is 22.1. The molecular weight excluding hydrogens is 460 g/mol. The number of nitrogens with one attached hydrogen (secondary N) is 1. The van der Waals surface area contributed by atoms with Crippen molar-refractivity contribution in [3.05, 3.63) is 59.7 Å².